The average molecular weight is 728 g/mol. The van der Waals surface area contributed by atoms with Gasteiger partial charge in [0.25, 0.3) is 0 Å². The summed E-state index contributed by atoms with van der Waals surface area (Å²) in [6.45, 7) is 0. The molecule has 0 saturated heterocycles. The largest absolute Gasteiger partial charge is 0.456 e. The Balaban J connectivity index is 1.11. The van der Waals surface area contributed by atoms with Gasteiger partial charge in [0, 0.05) is 66.8 Å². The van der Waals surface area contributed by atoms with Crippen molar-refractivity contribution in [1.82, 2.24) is 4.40 Å². The third kappa shape index (κ3) is 4.47. The molecule has 9 aromatic carbocycles. The van der Waals surface area contributed by atoms with E-state index < -0.39 is 36.3 Å². The Bertz CT molecular complexity index is 4070. The van der Waals surface area contributed by atoms with E-state index in [2.05, 4.69) is 16.5 Å². The first-order chi connectivity index (χ1) is 32.7. The highest BCUT2D eigenvalue weighted by atomic mass is 16.3. The van der Waals surface area contributed by atoms with Gasteiger partial charge in [-0.1, -0.05) is 103 Å². The van der Waals surface area contributed by atoms with Crippen LogP contribution in [0.25, 0.3) is 70.8 Å². The molecule has 0 aliphatic rings. The Labute approximate surface area is 339 Å². The molecule has 3 heterocycles. The number of furan rings is 1. The highest BCUT2D eigenvalue weighted by Gasteiger charge is 2.25. The number of hydrogen-bond acceptors (Lipinski definition) is 3. The number of aromatic nitrogens is 1. The van der Waals surface area contributed by atoms with Crippen molar-refractivity contribution < 1.29 is 20.9 Å². The Hall–Kier alpha value is -7.56. The maximum absolute atomic E-state index is 9.09. The van der Waals surface area contributed by atoms with Gasteiger partial charge in [-0.2, -0.15) is 0 Å². The van der Waals surface area contributed by atoms with E-state index in [1.807, 2.05) is 60.7 Å². The van der Waals surface area contributed by atoms with Crippen molar-refractivity contribution in [2.45, 2.75) is 0 Å². The van der Waals surface area contributed by atoms with Crippen LogP contribution in [0.3, 0.4) is 0 Å². The number of fused-ring (bicyclic) bond motifs is 11. The van der Waals surface area contributed by atoms with Crippen LogP contribution in [0.4, 0.5) is 34.1 Å². The zero-order chi connectivity index (χ0) is 47.2. The minimum atomic E-state index is -0.500. The summed E-state index contributed by atoms with van der Waals surface area (Å²) >= 11 is 0. The van der Waals surface area contributed by atoms with Gasteiger partial charge in [-0.25, -0.2) is 0 Å². The second kappa shape index (κ2) is 12.0. The quantitative estimate of drug-likeness (QED) is 0.170. The smallest absolute Gasteiger partial charge is 0.137 e. The van der Waals surface area contributed by atoms with Crippen LogP contribution in [0.5, 0.6) is 0 Å². The molecule has 262 valence electrons. The first-order valence-electron chi connectivity index (χ1n) is 24.1. The van der Waals surface area contributed by atoms with E-state index >= 15 is 0 Å². The summed E-state index contributed by atoms with van der Waals surface area (Å²) in [5.74, 6) is 0. The number of rotatable bonds is 6. The number of nitrogens with zero attached hydrogens (tertiary/aromatic N) is 3. The summed E-state index contributed by atoms with van der Waals surface area (Å²) in [6, 6.07) is 35.1. The van der Waals surface area contributed by atoms with Gasteiger partial charge in [0.15, 0.2) is 0 Å². The van der Waals surface area contributed by atoms with Gasteiger partial charge in [0.2, 0.25) is 0 Å². The molecule has 4 heteroatoms. The van der Waals surface area contributed by atoms with Crippen LogP contribution >= 0.6 is 0 Å². The fraction of sp³-hybridized carbons (Fsp3) is 0. The van der Waals surface area contributed by atoms with E-state index in [1.54, 1.807) is 64.4 Å². The van der Waals surface area contributed by atoms with E-state index in [9.17, 15) is 0 Å². The molecule has 12 rings (SSSR count). The standard InChI is InChI=1S/C52H33N3O/c1-5-15-35(16-6-1)53(36-17-7-2-8-18-36)39-26-27-42-49(32-39)56-48-30-25-34-31-44-40-28-29-46(54(37-19-9-3-10-20-37)38-21-11-4-12-22-38)51-41-23-13-14-24-45(41)55(52(40)51)47(44)33-43(34)50(42)48/h1-33H/i1D,2D,3D,4D,5D,6D,9D,10D,15D,16D,19D,20D. The van der Waals surface area contributed by atoms with Crippen molar-refractivity contribution in [3.05, 3.63) is 200 Å². The second-order valence-electron chi connectivity index (χ2n) is 13.7. The van der Waals surface area contributed by atoms with Crippen molar-refractivity contribution in [3.8, 4) is 0 Å². The third-order valence-electron chi connectivity index (χ3n) is 10.7. The summed E-state index contributed by atoms with van der Waals surface area (Å²) < 4.78 is 112. The van der Waals surface area contributed by atoms with Crippen LogP contribution < -0.4 is 9.80 Å². The van der Waals surface area contributed by atoms with Crippen LogP contribution in [-0.4, -0.2) is 4.40 Å². The Kier molecular flexibility index (Phi) is 4.57. The van der Waals surface area contributed by atoms with Gasteiger partial charge in [0.1, 0.15) is 11.2 Å². The zero-order valence-electron chi connectivity index (χ0n) is 41.4. The molecule has 4 nitrogen and oxygen atoms in total. The molecule has 12 aromatic rings. The normalized spacial score (nSPS) is 14.9. The average Bonchev–Trinajstić information content (AvgIpc) is 4.01. The summed E-state index contributed by atoms with van der Waals surface area (Å²) in [6.07, 6.45) is 0. The zero-order valence-corrected chi connectivity index (χ0v) is 29.4. The van der Waals surface area contributed by atoms with E-state index in [0.29, 0.717) is 33.9 Å². The van der Waals surface area contributed by atoms with Crippen LogP contribution in [0, 0.1) is 0 Å². The Morgan fingerprint density at radius 3 is 1.84 bits per heavy atom. The summed E-state index contributed by atoms with van der Waals surface area (Å²) in [7, 11) is 0. The van der Waals surface area contributed by atoms with Gasteiger partial charge >= 0.3 is 0 Å². The summed E-state index contributed by atoms with van der Waals surface area (Å²) in [5, 5.41) is 7.14. The topological polar surface area (TPSA) is 24.0 Å². The number of benzene rings is 9. The molecule has 0 atom stereocenters. The van der Waals surface area contributed by atoms with Gasteiger partial charge in [-0.3, -0.25) is 0 Å². The molecule has 0 unspecified atom stereocenters. The molecular formula is C52H33N3O. The highest BCUT2D eigenvalue weighted by molar-refractivity contribution is 6.30. The molecule has 0 N–H and O–H groups in total. The minimum Gasteiger partial charge on any atom is -0.456 e. The Morgan fingerprint density at radius 2 is 1.09 bits per heavy atom. The maximum atomic E-state index is 9.09. The summed E-state index contributed by atoms with van der Waals surface area (Å²) in [4.78, 5) is 3.29. The lowest BCUT2D eigenvalue weighted by molar-refractivity contribution is 0.669. The predicted molar refractivity (Wildman–Crippen MR) is 235 cm³/mol. The van der Waals surface area contributed by atoms with Crippen molar-refractivity contribution in [2.75, 3.05) is 9.80 Å². The van der Waals surface area contributed by atoms with Crippen LogP contribution in [0.2, 0.25) is 0 Å². The van der Waals surface area contributed by atoms with Crippen molar-refractivity contribution in [2.24, 2.45) is 0 Å². The SMILES string of the molecule is [2H]c1ccc(N(c2ccc3c(c2)oc2ccc4cc5c6ccc(N(c7ccc([2H])cc7)c7c([2H])c([2H])c([2H])c([2H])c7[2H])c7c8ccccc8n(c5cc4c23)c67)c2c([2H])c([2H])c([2H])c([2H])c2[2H])cc1. The molecule has 0 aliphatic carbocycles. The first-order valence-corrected chi connectivity index (χ1v) is 18.1. The molecule has 3 aromatic heterocycles. The van der Waals surface area contributed by atoms with Gasteiger partial charge in [-0.05, 0) is 102 Å². The molecule has 56 heavy (non-hydrogen) atoms. The van der Waals surface area contributed by atoms with Crippen LogP contribution in [0.1, 0.15) is 16.4 Å². The third-order valence-corrected chi connectivity index (χ3v) is 10.7. The molecule has 0 bridgehead atoms. The van der Waals surface area contributed by atoms with E-state index in [-0.39, 0.29) is 47.6 Å². The van der Waals surface area contributed by atoms with Gasteiger partial charge in [0.05, 0.1) is 38.7 Å². The van der Waals surface area contributed by atoms with E-state index in [0.717, 1.165) is 59.6 Å². The summed E-state index contributed by atoms with van der Waals surface area (Å²) in [5.41, 5.74) is 5.86. The molecule has 0 aliphatic heterocycles. The predicted octanol–water partition coefficient (Wildman–Crippen LogP) is 14.8. The van der Waals surface area contributed by atoms with E-state index in [1.165, 1.54) is 0 Å². The number of para-hydroxylation sites is 5. The van der Waals surface area contributed by atoms with Crippen molar-refractivity contribution in [3.63, 3.8) is 0 Å². The fourth-order valence-electron chi connectivity index (χ4n) is 8.46. The lowest BCUT2D eigenvalue weighted by Gasteiger charge is -2.26. The van der Waals surface area contributed by atoms with Gasteiger partial charge < -0.3 is 18.6 Å². The van der Waals surface area contributed by atoms with Crippen LogP contribution in [0.15, 0.2) is 204 Å². The molecule has 0 amide bonds. The lowest BCUT2D eigenvalue weighted by Crippen LogP contribution is -2.10. The lowest BCUT2D eigenvalue weighted by atomic mass is 9.99. The highest BCUT2D eigenvalue weighted by Crippen LogP contribution is 2.48. The molecule has 0 saturated carbocycles. The number of anilines is 6. The van der Waals surface area contributed by atoms with Crippen LogP contribution in [-0.2, 0) is 0 Å². The second-order valence-corrected chi connectivity index (χ2v) is 13.7. The number of hydrogen-bond donors (Lipinski definition) is 0. The maximum Gasteiger partial charge on any atom is 0.137 e. The molecule has 0 spiro atoms. The fourth-order valence-corrected chi connectivity index (χ4v) is 8.46. The van der Waals surface area contributed by atoms with E-state index in [4.69, 9.17) is 20.9 Å². The first kappa shape index (κ1) is 21.4. The molecule has 0 radical (unpaired) electrons. The van der Waals surface area contributed by atoms with Gasteiger partial charge in [-0.15, -0.1) is 0 Å². The van der Waals surface area contributed by atoms with Crippen molar-refractivity contribution in [1.29, 1.82) is 0 Å². The van der Waals surface area contributed by atoms with Crippen molar-refractivity contribution >= 4 is 105 Å². The Morgan fingerprint density at radius 1 is 0.411 bits per heavy atom. The monoisotopic (exact) mass is 727 g/mol. The molecular weight excluding hydrogens is 683 g/mol. The minimum absolute atomic E-state index is 0.0123. The molecule has 0 fully saturated rings.